The van der Waals surface area contributed by atoms with E-state index in [0.717, 1.165) is 34.6 Å². The molecule has 1 heterocycles. The summed E-state index contributed by atoms with van der Waals surface area (Å²) in [6, 6.07) is 10.4. The number of fused-ring (bicyclic) bond motifs is 1. The predicted molar refractivity (Wildman–Crippen MR) is 106 cm³/mol. The maximum Gasteiger partial charge on any atom is 0.234 e. The molecule has 0 spiro atoms. The van der Waals surface area contributed by atoms with Gasteiger partial charge < -0.3 is 14.8 Å². The van der Waals surface area contributed by atoms with Crippen LogP contribution in [0, 0.1) is 12.7 Å². The van der Waals surface area contributed by atoms with Crippen molar-refractivity contribution in [1.29, 1.82) is 0 Å². The summed E-state index contributed by atoms with van der Waals surface area (Å²) in [6.45, 7) is 5.82. The fourth-order valence-corrected chi connectivity index (χ4v) is 3.35. The second-order valence-electron chi connectivity index (χ2n) is 7.14. The molecule has 150 valence electrons. The summed E-state index contributed by atoms with van der Waals surface area (Å²) < 4.78 is 24.8. The lowest BCUT2D eigenvalue weighted by molar-refractivity contribution is -0.122. The number of aryl methyl sites for hydroxylation is 1. The van der Waals surface area contributed by atoms with E-state index in [1.165, 1.54) is 12.1 Å². The molecule has 3 rings (SSSR count). The average Bonchev–Trinajstić information content (AvgIpc) is 2.86. The monoisotopic (exact) mass is 386 g/mol. The number of halogens is 1. The lowest BCUT2D eigenvalue weighted by atomic mass is 10.1. The van der Waals surface area contributed by atoms with Crippen molar-refractivity contribution in [2.24, 2.45) is 0 Å². The van der Waals surface area contributed by atoms with Crippen LogP contribution in [0.5, 0.6) is 11.5 Å². The molecule has 0 unspecified atom stereocenters. The minimum atomic E-state index is -0.296. The van der Waals surface area contributed by atoms with Crippen LogP contribution in [-0.2, 0) is 17.9 Å². The molecule has 0 fully saturated rings. The summed E-state index contributed by atoms with van der Waals surface area (Å²) in [5, 5.41) is 2.90. The molecule has 5 nitrogen and oxygen atoms in total. The van der Waals surface area contributed by atoms with Gasteiger partial charge in [-0.25, -0.2) is 4.39 Å². The molecule has 1 amide bonds. The van der Waals surface area contributed by atoms with Crippen molar-refractivity contribution in [2.45, 2.75) is 39.5 Å². The van der Waals surface area contributed by atoms with E-state index in [1.807, 2.05) is 25.1 Å². The number of ether oxygens (including phenoxy) is 2. The van der Waals surface area contributed by atoms with Gasteiger partial charge in [-0.3, -0.25) is 9.69 Å². The largest absolute Gasteiger partial charge is 0.497 e. The van der Waals surface area contributed by atoms with Crippen LogP contribution in [0.4, 0.5) is 4.39 Å². The van der Waals surface area contributed by atoms with Crippen molar-refractivity contribution >= 4 is 5.91 Å². The minimum Gasteiger partial charge on any atom is -0.497 e. The average molecular weight is 386 g/mol. The first kappa shape index (κ1) is 20.1. The van der Waals surface area contributed by atoms with E-state index in [1.54, 1.807) is 13.2 Å². The summed E-state index contributed by atoms with van der Waals surface area (Å²) in [5.41, 5.74) is 2.75. The number of nitrogens with zero attached hydrogens (tertiary/aromatic N) is 1. The molecule has 6 heteroatoms. The number of hydrogen-bond donors (Lipinski definition) is 1. The van der Waals surface area contributed by atoms with Crippen molar-refractivity contribution in [3.63, 3.8) is 0 Å². The van der Waals surface area contributed by atoms with Crippen LogP contribution in [0.2, 0.25) is 0 Å². The van der Waals surface area contributed by atoms with Gasteiger partial charge in [0.2, 0.25) is 5.91 Å². The van der Waals surface area contributed by atoms with Crippen LogP contribution in [0.15, 0.2) is 36.4 Å². The fourth-order valence-electron chi connectivity index (χ4n) is 3.35. The van der Waals surface area contributed by atoms with Gasteiger partial charge in [-0.15, -0.1) is 0 Å². The van der Waals surface area contributed by atoms with Gasteiger partial charge in [-0.05, 0) is 54.8 Å². The van der Waals surface area contributed by atoms with E-state index in [-0.39, 0.29) is 24.4 Å². The fraction of sp³-hybridized carbons (Fsp3) is 0.409. The zero-order valence-electron chi connectivity index (χ0n) is 16.6. The number of nitrogens with one attached hydrogen (secondary N) is 1. The molecule has 0 bridgehead atoms. The third-order valence-corrected chi connectivity index (χ3v) is 5.03. The van der Waals surface area contributed by atoms with Crippen LogP contribution in [0.1, 0.15) is 30.0 Å². The summed E-state index contributed by atoms with van der Waals surface area (Å²) in [4.78, 5) is 14.6. The van der Waals surface area contributed by atoms with Crippen molar-refractivity contribution in [2.75, 3.05) is 20.2 Å². The summed E-state index contributed by atoms with van der Waals surface area (Å²) >= 11 is 0. The molecule has 0 saturated heterocycles. The predicted octanol–water partition coefficient (Wildman–Crippen LogP) is 3.43. The van der Waals surface area contributed by atoms with E-state index in [4.69, 9.17) is 9.47 Å². The molecule has 0 aliphatic carbocycles. The second-order valence-corrected chi connectivity index (χ2v) is 7.14. The van der Waals surface area contributed by atoms with E-state index in [0.29, 0.717) is 19.6 Å². The zero-order valence-corrected chi connectivity index (χ0v) is 16.6. The van der Waals surface area contributed by atoms with E-state index < -0.39 is 0 Å². The number of amides is 1. The number of rotatable bonds is 6. The summed E-state index contributed by atoms with van der Waals surface area (Å²) in [7, 11) is 1.63. The van der Waals surface area contributed by atoms with Crippen LogP contribution < -0.4 is 14.8 Å². The quantitative estimate of drug-likeness (QED) is 0.826. The molecule has 2 aromatic carbocycles. The van der Waals surface area contributed by atoms with Crippen LogP contribution in [0.3, 0.4) is 0 Å². The third-order valence-electron chi connectivity index (χ3n) is 5.03. The van der Waals surface area contributed by atoms with Crippen LogP contribution >= 0.6 is 0 Å². The maximum atomic E-state index is 13.4. The lowest BCUT2D eigenvalue weighted by Gasteiger charge is -2.22. The highest BCUT2D eigenvalue weighted by Gasteiger charge is 2.23. The normalized spacial score (nSPS) is 16.6. The van der Waals surface area contributed by atoms with Gasteiger partial charge >= 0.3 is 0 Å². The SMILES string of the molecule is CC[C@H]1CN(CC(=O)NCc2cc(F)ccc2C)Cc2cc(OC)ccc2O1. The Bertz CT molecular complexity index is 841. The maximum absolute atomic E-state index is 13.4. The van der Waals surface area contributed by atoms with Gasteiger partial charge in [-0.1, -0.05) is 13.0 Å². The Balaban J connectivity index is 1.66. The van der Waals surface area contributed by atoms with Crippen molar-refractivity contribution in [3.8, 4) is 11.5 Å². The highest BCUT2D eigenvalue weighted by atomic mass is 19.1. The number of methoxy groups -OCH3 is 1. The van der Waals surface area contributed by atoms with Crippen molar-refractivity contribution in [1.82, 2.24) is 10.2 Å². The van der Waals surface area contributed by atoms with E-state index >= 15 is 0 Å². The number of carbonyl (C=O) groups is 1. The first-order valence-electron chi connectivity index (χ1n) is 9.56. The van der Waals surface area contributed by atoms with Gasteiger partial charge in [0.05, 0.1) is 13.7 Å². The molecular weight excluding hydrogens is 359 g/mol. The van der Waals surface area contributed by atoms with Gasteiger partial charge in [0.15, 0.2) is 0 Å². The Morgan fingerprint density at radius 3 is 2.89 bits per heavy atom. The lowest BCUT2D eigenvalue weighted by Crippen LogP contribution is -2.40. The standard InChI is InChI=1S/C22H27FN2O3/c1-4-19-13-25(12-17-10-20(27-3)7-8-21(17)28-19)14-22(26)24-11-16-9-18(23)6-5-15(16)2/h5-10,19H,4,11-14H2,1-3H3,(H,24,26)/t19-/m0/s1. The molecule has 1 aliphatic rings. The molecule has 1 atom stereocenters. The smallest absolute Gasteiger partial charge is 0.234 e. The zero-order chi connectivity index (χ0) is 20.1. The molecule has 0 saturated carbocycles. The van der Waals surface area contributed by atoms with E-state index in [2.05, 4.69) is 17.1 Å². The van der Waals surface area contributed by atoms with Crippen LogP contribution in [0.25, 0.3) is 0 Å². The first-order valence-corrected chi connectivity index (χ1v) is 9.56. The van der Waals surface area contributed by atoms with Crippen molar-refractivity contribution < 1.29 is 18.7 Å². The number of hydrogen-bond acceptors (Lipinski definition) is 4. The highest BCUT2D eigenvalue weighted by molar-refractivity contribution is 5.78. The Kier molecular flexibility index (Phi) is 6.52. The number of carbonyl (C=O) groups excluding carboxylic acids is 1. The minimum absolute atomic E-state index is 0.0212. The Morgan fingerprint density at radius 1 is 1.32 bits per heavy atom. The molecular formula is C22H27FN2O3. The van der Waals surface area contributed by atoms with Gasteiger partial charge in [0, 0.05) is 25.2 Å². The molecule has 28 heavy (non-hydrogen) atoms. The second kappa shape index (κ2) is 9.06. The Labute approximate surface area is 165 Å². The highest BCUT2D eigenvalue weighted by Crippen LogP contribution is 2.29. The molecule has 1 N–H and O–H groups in total. The Morgan fingerprint density at radius 2 is 2.14 bits per heavy atom. The Hall–Kier alpha value is -2.60. The summed E-state index contributed by atoms with van der Waals surface area (Å²) in [6.07, 6.45) is 0.874. The topological polar surface area (TPSA) is 50.8 Å². The van der Waals surface area contributed by atoms with Gasteiger partial charge in [-0.2, -0.15) is 0 Å². The third kappa shape index (κ3) is 5.01. The molecule has 1 aliphatic heterocycles. The molecule has 0 radical (unpaired) electrons. The first-order chi connectivity index (χ1) is 13.5. The summed E-state index contributed by atoms with van der Waals surface area (Å²) in [5.74, 6) is 1.22. The molecule has 2 aromatic rings. The van der Waals surface area contributed by atoms with Gasteiger partial charge in [0.1, 0.15) is 23.4 Å². The van der Waals surface area contributed by atoms with Crippen LogP contribution in [-0.4, -0.2) is 37.1 Å². The van der Waals surface area contributed by atoms with E-state index in [9.17, 15) is 9.18 Å². The van der Waals surface area contributed by atoms with Crippen molar-refractivity contribution in [3.05, 3.63) is 58.9 Å². The molecule has 0 aromatic heterocycles. The number of benzene rings is 2. The van der Waals surface area contributed by atoms with Gasteiger partial charge in [0.25, 0.3) is 0 Å².